The molecule has 0 aliphatic carbocycles. The van der Waals surface area contributed by atoms with E-state index in [1.165, 1.54) is 6.04 Å². The Balaban J connectivity index is 3.29. The molecule has 0 atom stereocenters. The maximum Gasteiger partial charge on any atom is 0.154 e. The van der Waals surface area contributed by atoms with E-state index in [9.17, 15) is 0 Å². The van der Waals surface area contributed by atoms with Gasteiger partial charge in [-0.15, -0.1) is 0 Å². The van der Waals surface area contributed by atoms with E-state index in [0.717, 1.165) is 39.0 Å². The molecule has 4 nitrogen and oxygen atoms in total. The van der Waals surface area contributed by atoms with Crippen LogP contribution in [-0.4, -0.2) is 67.8 Å². The first kappa shape index (κ1) is 17.1. The third-order valence-electron chi connectivity index (χ3n) is 2.37. The Morgan fingerprint density at radius 1 is 1.06 bits per heavy atom. The lowest BCUT2D eigenvalue weighted by Crippen LogP contribution is -2.20. The lowest BCUT2D eigenvalue weighted by Gasteiger charge is -2.16. The SMILES string of the molecule is CCOC(C[SiH2]CCOCCN(C)C)OCC. The number of nitrogens with zero attached hydrogens (tertiary/aromatic N) is 1. The van der Waals surface area contributed by atoms with E-state index in [2.05, 4.69) is 19.0 Å². The quantitative estimate of drug-likeness (QED) is 0.298. The fourth-order valence-corrected chi connectivity index (χ4v) is 2.81. The van der Waals surface area contributed by atoms with Gasteiger partial charge in [0.05, 0.1) is 6.61 Å². The van der Waals surface area contributed by atoms with Crippen LogP contribution in [0, 0.1) is 0 Å². The highest BCUT2D eigenvalue weighted by molar-refractivity contribution is 6.35. The molecule has 0 heterocycles. The zero-order valence-corrected chi connectivity index (χ0v) is 13.3. The predicted octanol–water partition coefficient (Wildman–Crippen LogP) is 0.969. The molecule has 0 spiro atoms. The minimum absolute atomic E-state index is 0.0263. The molecule has 0 fully saturated rings. The Hall–Kier alpha value is 0.0569. The second-order valence-corrected chi connectivity index (χ2v) is 6.24. The fourth-order valence-electron chi connectivity index (χ4n) is 1.45. The minimum Gasteiger partial charge on any atom is -0.380 e. The average Bonchev–Trinajstić information content (AvgIpc) is 2.28. The van der Waals surface area contributed by atoms with Gasteiger partial charge in [-0.25, -0.2) is 0 Å². The van der Waals surface area contributed by atoms with E-state index in [1.807, 2.05) is 13.8 Å². The first-order chi connectivity index (χ1) is 8.20. The van der Waals surface area contributed by atoms with Gasteiger partial charge in [-0.3, -0.25) is 0 Å². The van der Waals surface area contributed by atoms with Gasteiger partial charge in [0.15, 0.2) is 6.29 Å². The van der Waals surface area contributed by atoms with Gasteiger partial charge >= 0.3 is 0 Å². The molecule has 0 rings (SSSR count). The molecule has 0 saturated heterocycles. The van der Waals surface area contributed by atoms with Crippen molar-refractivity contribution in [1.29, 1.82) is 0 Å². The van der Waals surface area contributed by atoms with Crippen LogP contribution >= 0.6 is 0 Å². The molecule has 0 unspecified atom stereocenters. The molecular formula is C12H29NO3Si. The van der Waals surface area contributed by atoms with Gasteiger partial charge in [0.1, 0.15) is 0 Å². The summed E-state index contributed by atoms with van der Waals surface area (Å²) in [6.07, 6.45) is 0.0263. The molecule has 0 amide bonds. The van der Waals surface area contributed by atoms with Crippen LogP contribution < -0.4 is 0 Å². The summed E-state index contributed by atoms with van der Waals surface area (Å²) in [4.78, 5) is 2.14. The van der Waals surface area contributed by atoms with Crippen LogP contribution in [0.2, 0.25) is 12.1 Å². The number of ether oxygens (including phenoxy) is 3. The normalized spacial score (nSPS) is 12.4. The predicted molar refractivity (Wildman–Crippen MR) is 74.6 cm³/mol. The van der Waals surface area contributed by atoms with Crippen molar-refractivity contribution in [1.82, 2.24) is 4.90 Å². The first-order valence-corrected chi connectivity index (χ1v) is 8.66. The summed E-state index contributed by atoms with van der Waals surface area (Å²) in [6.45, 7) is 8.22. The van der Waals surface area contributed by atoms with Crippen LogP contribution in [-0.2, 0) is 14.2 Å². The third kappa shape index (κ3) is 12.3. The summed E-state index contributed by atoms with van der Waals surface area (Å²) in [6, 6.07) is 2.31. The van der Waals surface area contributed by atoms with Crippen LogP contribution in [0.1, 0.15) is 13.8 Å². The summed E-state index contributed by atoms with van der Waals surface area (Å²) in [7, 11) is 4.01. The highest BCUT2D eigenvalue weighted by Crippen LogP contribution is 2.02. The van der Waals surface area contributed by atoms with E-state index in [-0.39, 0.29) is 15.8 Å². The Morgan fingerprint density at radius 3 is 2.24 bits per heavy atom. The molecular weight excluding hydrogens is 234 g/mol. The van der Waals surface area contributed by atoms with Crippen LogP contribution in [0.25, 0.3) is 0 Å². The Kier molecular flexibility index (Phi) is 12.6. The van der Waals surface area contributed by atoms with Crippen LogP contribution in [0.4, 0.5) is 0 Å². The largest absolute Gasteiger partial charge is 0.380 e. The van der Waals surface area contributed by atoms with Gasteiger partial charge in [-0.2, -0.15) is 0 Å². The molecule has 0 radical (unpaired) electrons. The zero-order valence-electron chi connectivity index (χ0n) is 11.9. The van der Waals surface area contributed by atoms with E-state index < -0.39 is 0 Å². The topological polar surface area (TPSA) is 30.9 Å². The van der Waals surface area contributed by atoms with Gasteiger partial charge in [0.25, 0.3) is 0 Å². The average molecular weight is 263 g/mol. The summed E-state index contributed by atoms with van der Waals surface area (Å²) in [5.74, 6) is 0. The Bertz CT molecular complexity index is 153. The minimum atomic E-state index is -0.113. The van der Waals surface area contributed by atoms with Crippen molar-refractivity contribution in [3.8, 4) is 0 Å². The number of hydrogen-bond acceptors (Lipinski definition) is 4. The Morgan fingerprint density at radius 2 is 1.71 bits per heavy atom. The molecule has 0 aromatic carbocycles. The van der Waals surface area contributed by atoms with E-state index >= 15 is 0 Å². The second kappa shape index (κ2) is 12.5. The molecule has 104 valence electrons. The maximum absolute atomic E-state index is 5.56. The lowest BCUT2D eigenvalue weighted by atomic mass is 10.6. The van der Waals surface area contributed by atoms with Crippen molar-refractivity contribution in [3.63, 3.8) is 0 Å². The van der Waals surface area contributed by atoms with E-state index in [4.69, 9.17) is 14.2 Å². The Labute approximate surface area is 108 Å². The molecule has 0 aliphatic rings. The van der Waals surface area contributed by atoms with Crippen molar-refractivity contribution in [2.24, 2.45) is 0 Å². The summed E-state index contributed by atoms with van der Waals surface area (Å²) in [5.41, 5.74) is 0. The summed E-state index contributed by atoms with van der Waals surface area (Å²) >= 11 is 0. The summed E-state index contributed by atoms with van der Waals surface area (Å²) in [5, 5.41) is 0. The van der Waals surface area contributed by atoms with Crippen LogP contribution in [0.15, 0.2) is 0 Å². The van der Waals surface area contributed by atoms with Gasteiger partial charge < -0.3 is 19.1 Å². The molecule has 5 heteroatoms. The van der Waals surface area contributed by atoms with Crippen molar-refractivity contribution >= 4 is 9.52 Å². The summed E-state index contributed by atoms with van der Waals surface area (Å²) < 4.78 is 16.6. The second-order valence-electron chi connectivity index (χ2n) is 4.25. The highest BCUT2D eigenvalue weighted by atomic mass is 28.2. The van der Waals surface area contributed by atoms with E-state index in [0.29, 0.717) is 0 Å². The van der Waals surface area contributed by atoms with Crippen LogP contribution in [0.5, 0.6) is 0 Å². The molecule has 0 aromatic heterocycles. The zero-order chi connectivity index (χ0) is 12.9. The number of rotatable bonds is 12. The van der Waals surface area contributed by atoms with E-state index in [1.54, 1.807) is 0 Å². The smallest absolute Gasteiger partial charge is 0.154 e. The van der Waals surface area contributed by atoms with Gasteiger partial charge in [-0.05, 0) is 40.0 Å². The molecule has 0 saturated carbocycles. The maximum atomic E-state index is 5.56. The molecule has 17 heavy (non-hydrogen) atoms. The standard InChI is InChI=1S/C12H29NO3Si/c1-5-15-12(16-6-2)11-17-10-9-14-8-7-13(3)4/h12H,5-11,17H2,1-4H3. The first-order valence-electron chi connectivity index (χ1n) is 6.66. The molecule has 0 aromatic rings. The third-order valence-corrected chi connectivity index (χ3v) is 4.03. The van der Waals surface area contributed by atoms with Gasteiger partial charge in [-0.1, -0.05) is 0 Å². The number of likely N-dealkylation sites (N-methyl/N-ethyl adjacent to an activating group) is 1. The molecule has 0 aliphatic heterocycles. The number of hydrogen-bond donors (Lipinski definition) is 0. The molecule has 0 N–H and O–H groups in total. The van der Waals surface area contributed by atoms with Crippen molar-refractivity contribution in [2.45, 2.75) is 32.2 Å². The lowest BCUT2D eigenvalue weighted by molar-refractivity contribution is -0.123. The van der Waals surface area contributed by atoms with Crippen molar-refractivity contribution in [3.05, 3.63) is 0 Å². The monoisotopic (exact) mass is 263 g/mol. The van der Waals surface area contributed by atoms with Gasteiger partial charge in [0, 0.05) is 35.9 Å². The van der Waals surface area contributed by atoms with Gasteiger partial charge in [0.2, 0.25) is 0 Å². The molecule has 0 bridgehead atoms. The van der Waals surface area contributed by atoms with Crippen LogP contribution in [0.3, 0.4) is 0 Å². The van der Waals surface area contributed by atoms with Crippen molar-refractivity contribution in [2.75, 3.05) is 47.1 Å². The van der Waals surface area contributed by atoms with Crippen molar-refractivity contribution < 1.29 is 14.2 Å². The fraction of sp³-hybridized carbons (Fsp3) is 1.00. The highest BCUT2D eigenvalue weighted by Gasteiger charge is 2.07.